The molecular formula is C18H23N3O3S. The van der Waals surface area contributed by atoms with Crippen molar-refractivity contribution in [3.8, 4) is 0 Å². The molecule has 6 nitrogen and oxygen atoms in total. The highest BCUT2D eigenvalue weighted by atomic mass is 32.2. The number of piperidine rings is 1. The van der Waals surface area contributed by atoms with E-state index < -0.39 is 11.4 Å². The number of hydrogen-bond acceptors (Lipinski definition) is 4. The second-order valence-corrected chi connectivity index (χ2v) is 7.69. The van der Waals surface area contributed by atoms with Gasteiger partial charge in [-0.15, -0.1) is 0 Å². The number of aromatic nitrogens is 2. The molecule has 3 rings (SSSR count). The molecule has 134 valence electrons. The molecule has 25 heavy (non-hydrogen) atoms. The van der Waals surface area contributed by atoms with E-state index in [-0.39, 0.29) is 19.0 Å². The van der Waals surface area contributed by atoms with Gasteiger partial charge in [0.05, 0.1) is 22.2 Å². The van der Waals surface area contributed by atoms with Crippen molar-refractivity contribution in [2.75, 3.05) is 19.3 Å². The van der Waals surface area contributed by atoms with Crippen LogP contribution in [0.2, 0.25) is 0 Å². The van der Waals surface area contributed by atoms with Crippen LogP contribution >= 0.6 is 11.8 Å². The van der Waals surface area contributed by atoms with Gasteiger partial charge in [0.1, 0.15) is 12.4 Å². The minimum absolute atomic E-state index is 0.0438. The van der Waals surface area contributed by atoms with Gasteiger partial charge in [-0.25, -0.2) is 4.98 Å². The molecule has 7 heteroatoms. The molecule has 1 aliphatic heterocycles. The van der Waals surface area contributed by atoms with Crippen molar-refractivity contribution in [1.29, 1.82) is 0 Å². The van der Waals surface area contributed by atoms with Gasteiger partial charge in [-0.3, -0.25) is 9.59 Å². The van der Waals surface area contributed by atoms with Crippen molar-refractivity contribution in [3.05, 3.63) is 30.1 Å². The summed E-state index contributed by atoms with van der Waals surface area (Å²) in [6.45, 7) is 2.81. The molecule has 1 aromatic heterocycles. The number of hydrogen-bond donors (Lipinski definition) is 1. The van der Waals surface area contributed by atoms with Gasteiger partial charge < -0.3 is 14.6 Å². The average molecular weight is 361 g/mol. The van der Waals surface area contributed by atoms with Crippen LogP contribution in [0.3, 0.4) is 0 Å². The van der Waals surface area contributed by atoms with Gasteiger partial charge in [0.2, 0.25) is 5.91 Å². The fourth-order valence-corrected chi connectivity index (χ4v) is 3.88. The van der Waals surface area contributed by atoms with Crippen molar-refractivity contribution < 1.29 is 14.7 Å². The second-order valence-electron chi connectivity index (χ2n) is 6.82. The van der Waals surface area contributed by atoms with Gasteiger partial charge >= 0.3 is 5.97 Å². The van der Waals surface area contributed by atoms with Gasteiger partial charge in [0.25, 0.3) is 0 Å². The summed E-state index contributed by atoms with van der Waals surface area (Å²) in [5.41, 5.74) is 0.971. The smallest absolute Gasteiger partial charge is 0.311 e. The highest BCUT2D eigenvalue weighted by molar-refractivity contribution is 7.97. The molecule has 0 saturated carbocycles. The highest BCUT2D eigenvalue weighted by Crippen LogP contribution is 2.30. The minimum atomic E-state index is -0.854. The summed E-state index contributed by atoms with van der Waals surface area (Å²) in [5.74, 6) is 0.730. The lowest BCUT2D eigenvalue weighted by molar-refractivity contribution is -0.153. The molecule has 1 N–H and O–H groups in total. The number of aliphatic carboxylic acids is 1. The van der Waals surface area contributed by atoms with E-state index in [0.717, 1.165) is 29.0 Å². The molecule has 1 fully saturated rings. The number of carboxylic acids is 1. The summed E-state index contributed by atoms with van der Waals surface area (Å²) in [6, 6.07) is 7.79. The molecule has 1 saturated heterocycles. The molecule has 0 spiro atoms. The SMILES string of the molecule is CSCc1nc2ccccc2n1CC(=O)N1CCCC(C)(C(=O)O)C1. The number of amides is 1. The monoisotopic (exact) mass is 361 g/mol. The van der Waals surface area contributed by atoms with Crippen LogP contribution in [0, 0.1) is 5.41 Å². The van der Waals surface area contributed by atoms with Crippen LogP contribution in [-0.4, -0.2) is 50.8 Å². The number of carbonyl (C=O) groups is 2. The molecule has 0 radical (unpaired) electrons. The first-order valence-corrected chi connectivity index (χ1v) is 9.78. The lowest BCUT2D eigenvalue weighted by Gasteiger charge is -2.37. The molecule has 0 bridgehead atoms. The number of carbonyl (C=O) groups excluding carboxylic acids is 1. The first kappa shape index (κ1) is 17.8. The number of rotatable bonds is 5. The predicted octanol–water partition coefficient (Wildman–Crippen LogP) is 2.61. The standard InChI is InChI=1S/C18H23N3O3S/c1-18(17(23)24)8-5-9-20(12-18)16(22)10-21-14-7-4-3-6-13(14)19-15(21)11-25-2/h3-4,6-7H,5,8-12H2,1-2H3,(H,23,24). The van der Waals surface area contributed by atoms with Gasteiger partial charge in [-0.05, 0) is 38.2 Å². The molecule has 1 aliphatic rings. The first-order chi connectivity index (χ1) is 11.9. The number of benzene rings is 1. The molecular weight excluding hydrogens is 338 g/mol. The molecule has 1 unspecified atom stereocenters. The van der Waals surface area contributed by atoms with E-state index in [4.69, 9.17) is 0 Å². The van der Waals surface area contributed by atoms with E-state index in [2.05, 4.69) is 4.98 Å². The summed E-state index contributed by atoms with van der Waals surface area (Å²) in [4.78, 5) is 30.7. The minimum Gasteiger partial charge on any atom is -0.481 e. The van der Waals surface area contributed by atoms with Crippen molar-refractivity contribution in [1.82, 2.24) is 14.5 Å². The van der Waals surface area contributed by atoms with Crippen molar-refractivity contribution in [2.45, 2.75) is 32.1 Å². The zero-order valence-corrected chi connectivity index (χ0v) is 15.4. The summed E-state index contributed by atoms with van der Waals surface area (Å²) in [7, 11) is 0. The largest absolute Gasteiger partial charge is 0.481 e. The van der Waals surface area contributed by atoms with Crippen LogP contribution in [0.5, 0.6) is 0 Å². The quantitative estimate of drug-likeness (QED) is 0.886. The Morgan fingerprint density at radius 2 is 2.12 bits per heavy atom. The maximum absolute atomic E-state index is 12.9. The Kier molecular flexibility index (Phi) is 5.03. The number of nitrogens with zero attached hydrogens (tertiary/aromatic N) is 3. The summed E-state index contributed by atoms with van der Waals surface area (Å²) in [5, 5.41) is 9.45. The Hall–Kier alpha value is -2.02. The normalized spacial score (nSPS) is 20.8. The van der Waals surface area contributed by atoms with Gasteiger partial charge in [-0.1, -0.05) is 12.1 Å². The molecule has 2 aromatic rings. The fourth-order valence-electron chi connectivity index (χ4n) is 3.40. The van der Waals surface area contributed by atoms with Gasteiger partial charge in [-0.2, -0.15) is 11.8 Å². The molecule has 1 amide bonds. The maximum atomic E-state index is 12.9. The van der Waals surface area contributed by atoms with Crippen molar-refractivity contribution >= 4 is 34.7 Å². The topological polar surface area (TPSA) is 75.4 Å². The highest BCUT2D eigenvalue weighted by Gasteiger charge is 2.39. The lowest BCUT2D eigenvalue weighted by Crippen LogP contribution is -2.49. The van der Waals surface area contributed by atoms with E-state index in [0.29, 0.717) is 13.0 Å². The second kappa shape index (κ2) is 7.07. The van der Waals surface area contributed by atoms with Crippen LogP contribution in [0.15, 0.2) is 24.3 Å². The maximum Gasteiger partial charge on any atom is 0.311 e. The molecule has 0 aliphatic carbocycles. The lowest BCUT2D eigenvalue weighted by atomic mass is 9.82. The predicted molar refractivity (Wildman–Crippen MR) is 98.5 cm³/mol. The Bertz CT molecular complexity index is 804. The van der Waals surface area contributed by atoms with E-state index in [1.165, 1.54) is 0 Å². The van der Waals surface area contributed by atoms with Crippen LogP contribution in [0.1, 0.15) is 25.6 Å². The number of fused-ring (bicyclic) bond motifs is 1. The summed E-state index contributed by atoms with van der Waals surface area (Å²) >= 11 is 1.66. The summed E-state index contributed by atoms with van der Waals surface area (Å²) in [6.07, 6.45) is 3.34. The third kappa shape index (κ3) is 3.51. The first-order valence-electron chi connectivity index (χ1n) is 8.39. The van der Waals surface area contributed by atoms with E-state index in [1.807, 2.05) is 35.1 Å². The number of para-hydroxylation sites is 2. The Labute approximate surface area is 151 Å². The Balaban J connectivity index is 1.84. The molecule has 1 atom stereocenters. The molecule has 1 aromatic carbocycles. The number of carboxylic acid groups (broad SMARTS) is 1. The van der Waals surface area contributed by atoms with Crippen LogP contribution < -0.4 is 0 Å². The number of thioether (sulfide) groups is 1. The zero-order chi connectivity index (χ0) is 18.0. The van der Waals surface area contributed by atoms with Crippen molar-refractivity contribution in [2.24, 2.45) is 5.41 Å². The van der Waals surface area contributed by atoms with Crippen LogP contribution in [0.4, 0.5) is 0 Å². The van der Waals surface area contributed by atoms with Crippen LogP contribution in [-0.2, 0) is 21.9 Å². The number of likely N-dealkylation sites (tertiary alicyclic amines) is 1. The van der Waals surface area contributed by atoms with E-state index in [1.54, 1.807) is 23.6 Å². The van der Waals surface area contributed by atoms with Gasteiger partial charge in [0.15, 0.2) is 0 Å². The third-order valence-electron chi connectivity index (χ3n) is 4.87. The fraction of sp³-hybridized carbons (Fsp3) is 0.500. The van der Waals surface area contributed by atoms with E-state index >= 15 is 0 Å². The third-order valence-corrected chi connectivity index (χ3v) is 5.41. The van der Waals surface area contributed by atoms with E-state index in [9.17, 15) is 14.7 Å². The molecule has 2 heterocycles. The zero-order valence-electron chi connectivity index (χ0n) is 14.6. The number of imidazole rings is 1. The Morgan fingerprint density at radius 3 is 2.84 bits per heavy atom. The average Bonchev–Trinajstić information content (AvgIpc) is 2.93. The Morgan fingerprint density at radius 1 is 1.36 bits per heavy atom. The van der Waals surface area contributed by atoms with Crippen molar-refractivity contribution in [3.63, 3.8) is 0 Å². The van der Waals surface area contributed by atoms with Crippen LogP contribution in [0.25, 0.3) is 11.0 Å². The van der Waals surface area contributed by atoms with Gasteiger partial charge in [0, 0.05) is 13.1 Å². The summed E-state index contributed by atoms with van der Waals surface area (Å²) < 4.78 is 1.96.